The number of aliphatic hydroxyl groups excluding tert-OH is 1. The Kier molecular flexibility index (Phi) is 4.51. The van der Waals surface area contributed by atoms with Crippen LogP contribution in [0.4, 0.5) is 0 Å². The smallest absolute Gasteiger partial charge is 0.264 e. The molecule has 3 aliphatic rings. The molecule has 136 valence electrons. The van der Waals surface area contributed by atoms with Gasteiger partial charge in [-0.3, -0.25) is 4.79 Å². The molecule has 0 radical (unpaired) electrons. The normalized spacial score (nSPS) is 23.2. The first-order chi connectivity index (χ1) is 12.6. The summed E-state index contributed by atoms with van der Waals surface area (Å²) in [7, 11) is 0. The van der Waals surface area contributed by atoms with Gasteiger partial charge < -0.3 is 20.6 Å². The van der Waals surface area contributed by atoms with E-state index in [9.17, 15) is 9.90 Å². The zero-order valence-corrected chi connectivity index (χ0v) is 15.2. The maximum atomic E-state index is 13.0. The van der Waals surface area contributed by atoms with Crippen molar-refractivity contribution >= 4 is 23.2 Å². The van der Waals surface area contributed by atoms with E-state index in [0.717, 1.165) is 42.6 Å². The molecule has 1 unspecified atom stereocenters. The van der Waals surface area contributed by atoms with E-state index in [-0.39, 0.29) is 12.5 Å². The molecule has 5 nitrogen and oxygen atoms in total. The monoisotopic (exact) mass is 371 g/mol. The van der Waals surface area contributed by atoms with Crippen LogP contribution in [-0.4, -0.2) is 34.2 Å². The first-order valence-corrected chi connectivity index (χ1v) is 9.33. The standard InChI is InChI=1S/C20H22ClN3O2/c21-15-7-5-6-14(12-15)17-16-8-1-4-11-24(16)18(22-17)19(26)23-20(13-25)9-2-3-10-20/h1,4-8,11-12,18,22,25H,2-3,9-10,13H2,(H,23,26). The van der Waals surface area contributed by atoms with Crippen LogP contribution in [0.15, 0.2) is 54.4 Å². The van der Waals surface area contributed by atoms with Crippen LogP contribution in [0.3, 0.4) is 0 Å². The van der Waals surface area contributed by atoms with Crippen molar-refractivity contribution in [2.24, 2.45) is 0 Å². The van der Waals surface area contributed by atoms with Crippen LogP contribution >= 0.6 is 11.6 Å². The largest absolute Gasteiger partial charge is 0.394 e. The summed E-state index contributed by atoms with van der Waals surface area (Å²) in [4.78, 5) is 14.9. The molecule has 1 aromatic rings. The molecule has 1 aromatic carbocycles. The highest BCUT2D eigenvalue weighted by Gasteiger charge is 2.40. The fourth-order valence-corrected chi connectivity index (χ4v) is 4.13. The van der Waals surface area contributed by atoms with Crippen LogP contribution < -0.4 is 10.6 Å². The number of amides is 1. The maximum Gasteiger partial charge on any atom is 0.264 e. The fourth-order valence-electron chi connectivity index (χ4n) is 3.94. The maximum absolute atomic E-state index is 13.0. The summed E-state index contributed by atoms with van der Waals surface area (Å²) in [5.41, 5.74) is 2.25. The topological polar surface area (TPSA) is 64.6 Å². The lowest BCUT2D eigenvalue weighted by Crippen LogP contribution is -2.57. The van der Waals surface area contributed by atoms with Crippen molar-refractivity contribution in [2.75, 3.05) is 6.61 Å². The molecule has 6 heteroatoms. The van der Waals surface area contributed by atoms with E-state index in [1.54, 1.807) is 0 Å². The highest BCUT2D eigenvalue weighted by atomic mass is 35.5. The number of nitrogens with zero attached hydrogens (tertiary/aromatic N) is 1. The van der Waals surface area contributed by atoms with Crippen molar-refractivity contribution in [1.82, 2.24) is 15.5 Å². The van der Waals surface area contributed by atoms with Gasteiger partial charge in [0.05, 0.1) is 23.5 Å². The number of carbonyl (C=O) groups is 1. The van der Waals surface area contributed by atoms with Crippen LogP contribution in [0.25, 0.3) is 5.70 Å². The molecular formula is C20H22ClN3O2. The number of hydrogen-bond donors (Lipinski definition) is 3. The second-order valence-electron chi connectivity index (χ2n) is 7.06. The van der Waals surface area contributed by atoms with E-state index in [4.69, 9.17) is 11.6 Å². The molecule has 3 N–H and O–H groups in total. The number of allylic oxidation sites excluding steroid dienone is 3. The van der Waals surface area contributed by atoms with E-state index in [1.807, 2.05) is 53.6 Å². The molecule has 1 aliphatic carbocycles. The number of fused-ring (bicyclic) bond motifs is 1. The van der Waals surface area contributed by atoms with Crippen molar-refractivity contribution in [2.45, 2.75) is 37.4 Å². The molecule has 0 bridgehead atoms. The van der Waals surface area contributed by atoms with Crippen LogP contribution in [0.2, 0.25) is 5.02 Å². The van der Waals surface area contributed by atoms with Crippen molar-refractivity contribution < 1.29 is 9.90 Å². The summed E-state index contributed by atoms with van der Waals surface area (Å²) in [6.07, 6.45) is 10.9. The Morgan fingerprint density at radius 2 is 2.15 bits per heavy atom. The second kappa shape index (κ2) is 6.82. The zero-order chi connectivity index (χ0) is 18.1. The molecule has 1 amide bonds. The quantitative estimate of drug-likeness (QED) is 0.761. The number of carbonyl (C=O) groups excluding carboxylic acids is 1. The van der Waals surface area contributed by atoms with Crippen LogP contribution in [-0.2, 0) is 4.79 Å². The summed E-state index contributed by atoms with van der Waals surface area (Å²) < 4.78 is 0. The minimum absolute atomic E-state index is 0.0252. The van der Waals surface area contributed by atoms with Crippen LogP contribution in [0.1, 0.15) is 31.2 Å². The second-order valence-corrected chi connectivity index (χ2v) is 7.50. The van der Waals surface area contributed by atoms with Crippen molar-refractivity contribution in [3.05, 3.63) is 65.0 Å². The fraction of sp³-hybridized carbons (Fsp3) is 0.350. The van der Waals surface area contributed by atoms with Gasteiger partial charge in [0.1, 0.15) is 0 Å². The highest BCUT2D eigenvalue weighted by Crippen LogP contribution is 2.33. The third-order valence-corrected chi connectivity index (χ3v) is 5.55. The van der Waals surface area contributed by atoms with E-state index in [2.05, 4.69) is 10.6 Å². The lowest BCUT2D eigenvalue weighted by Gasteiger charge is -2.32. The predicted molar refractivity (Wildman–Crippen MR) is 102 cm³/mol. The number of nitrogens with one attached hydrogen (secondary N) is 2. The van der Waals surface area contributed by atoms with Gasteiger partial charge in [0.2, 0.25) is 0 Å². The lowest BCUT2D eigenvalue weighted by molar-refractivity contribution is -0.127. The van der Waals surface area contributed by atoms with Crippen molar-refractivity contribution in [3.8, 4) is 0 Å². The lowest BCUT2D eigenvalue weighted by atomic mass is 9.98. The van der Waals surface area contributed by atoms with Crippen LogP contribution in [0.5, 0.6) is 0 Å². The van der Waals surface area contributed by atoms with E-state index in [1.165, 1.54) is 0 Å². The van der Waals surface area contributed by atoms with Gasteiger partial charge in [-0.05, 0) is 37.1 Å². The highest BCUT2D eigenvalue weighted by molar-refractivity contribution is 6.30. The SMILES string of the molecule is O=C(NC1(CO)CCCC1)C1NC(c2cccc(Cl)c2)=C2C=CC=CN21. The Hall–Kier alpha value is -2.24. The summed E-state index contributed by atoms with van der Waals surface area (Å²) in [6.45, 7) is -0.0252. The summed E-state index contributed by atoms with van der Waals surface area (Å²) in [6, 6.07) is 7.58. The molecule has 0 aromatic heterocycles. The number of aliphatic hydroxyl groups is 1. The summed E-state index contributed by atoms with van der Waals surface area (Å²) >= 11 is 6.14. The van der Waals surface area contributed by atoms with Crippen molar-refractivity contribution in [1.29, 1.82) is 0 Å². The number of benzene rings is 1. The summed E-state index contributed by atoms with van der Waals surface area (Å²) in [5.74, 6) is -0.129. The predicted octanol–water partition coefficient (Wildman–Crippen LogP) is 2.74. The van der Waals surface area contributed by atoms with E-state index < -0.39 is 11.7 Å². The van der Waals surface area contributed by atoms with Gasteiger partial charge in [0, 0.05) is 16.8 Å². The molecule has 2 aliphatic heterocycles. The van der Waals surface area contributed by atoms with Crippen molar-refractivity contribution in [3.63, 3.8) is 0 Å². The molecule has 26 heavy (non-hydrogen) atoms. The minimum Gasteiger partial charge on any atom is -0.394 e. The Morgan fingerprint density at radius 1 is 1.35 bits per heavy atom. The molecule has 4 rings (SSSR count). The first kappa shape index (κ1) is 17.2. The van der Waals surface area contributed by atoms with Gasteiger partial charge in [-0.1, -0.05) is 42.7 Å². The average molecular weight is 372 g/mol. The zero-order valence-electron chi connectivity index (χ0n) is 14.4. The minimum atomic E-state index is -0.552. The van der Waals surface area contributed by atoms with Crippen LogP contribution in [0, 0.1) is 0 Å². The Morgan fingerprint density at radius 3 is 2.88 bits per heavy atom. The Bertz CT molecular complexity index is 809. The van der Waals surface area contributed by atoms with Gasteiger partial charge in [-0.2, -0.15) is 0 Å². The number of hydrogen-bond acceptors (Lipinski definition) is 4. The van der Waals surface area contributed by atoms with Gasteiger partial charge in [0.25, 0.3) is 5.91 Å². The molecule has 0 saturated heterocycles. The van der Waals surface area contributed by atoms with Gasteiger partial charge >= 0.3 is 0 Å². The molecule has 2 heterocycles. The van der Waals surface area contributed by atoms with E-state index in [0.29, 0.717) is 5.02 Å². The molecule has 1 atom stereocenters. The molecular weight excluding hydrogens is 350 g/mol. The first-order valence-electron chi connectivity index (χ1n) is 8.95. The Balaban J connectivity index is 1.61. The molecule has 0 spiro atoms. The van der Waals surface area contributed by atoms with Gasteiger partial charge in [-0.15, -0.1) is 0 Å². The third kappa shape index (κ3) is 3.02. The van der Waals surface area contributed by atoms with Gasteiger partial charge in [-0.25, -0.2) is 0 Å². The number of halogens is 1. The molecule has 1 fully saturated rings. The third-order valence-electron chi connectivity index (χ3n) is 5.32. The average Bonchev–Trinajstić information content (AvgIpc) is 3.27. The van der Waals surface area contributed by atoms with Gasteiger partial charge in [0.15, 0.2) is 6.17 Å². The summed E-state index contributed by atoms with van der Waals surface area (Å²) in [5, 5.41) is 16.9. The molecule has 1 saturated carbocycles. The Labute approximate surface area is 158 Å². The van der Waals surface area contributed by atoms with E-state index >= 15 is 0 Å². The number of rotatable bonds is 4.